The second-order valence-corrected chi connectivity index (χ2v) is 2.91. The summed E-state index contributed by atoms with van der Waals surface area (Å²) >= 11 is 5.70. The van der Waals surface area contributed by atoms with E-state index in [1.54, 1.807) is 6.07 Å². The zero-order valence-electron chi connectivity index (χ0n) is 6.69. The fraction of sp³-hybridized carbons (Fsp3) is 0.333. The average Bonchev–Trinajstić information content (AvgIpc) is 1.99. The Kier molecular flexibility index (Phi) is 2.40. The first-order chi connectivity index (χ1) is 5.16. The molecule has 2 heteroatoms. The molecule has 0 radical (unpaired) electrons. The first kappa shape index (κ1) is 8.41. The minimum Gasteiger partial charge on any atom is -0.508 e. The van der Waals surface area contributed by atoms with E-state index in [-0.39, 0.29) is 0 Å². The maximum Gasteiger partial charge on any atom is 0.118 e. The van der Waals surface area contributed by atoms with Crippen molar-refractivity contribution >= 4 is 11.6 Å². The van der Waals surface area contributed by atoms with E-state index in [9.17, 15) is 5.11 Å². The normalized spacial score (nSPS) is 10.1. The third-order valence-corrected chi connectivity index (χ3v) is 2.20. The maximum absolute atomic E-state index is 9.30. The summed E-state index contributed by atoms with van der Waals surface area (Å²) in [7, 11) is 0. The Hall–Kier alpha value is -0.690. The van der Waals surface area contributed by atoms with Gasteiger partial charge in [0.25, 0.3) is 0 Å². The first-order valence-corrected chi connectivity index (χ1v) is 4.04. The van der Waals surface area contributed by atoms with E-state index >= 15 is 0 Å². The van der Waals surface area contributed by atoms with Crippen LogP contribution in [0.15, 0.2) is 12.1 Å². The minimum atomic E-state index is 0.325. The molecule has 1 nitrogen and oxygen atoms in total. The number of benzene rings is 1. The smallest absolute Gasteiger partial charge is 0.118 e. The zero-order valence-corrected chi connectivity index (χ0v) is 7.44. The summed E-state index contributed by atoms with van der Waals surface area (Å²) in [6, 6.07) is 3.57. The molecule has 0 aliphatic rings. The molecule has 1 N–H and O–H groups in total. The molecular formula is C9H11ClO. The standard InChI is InChI=1S/C9H11ClO/c1-6-3-4-9(11)7(2)8(6)5-10/h3-4,11H,5H2,1-2H3. The Morgan fingerprint density at radius 1 is 1.36 bits per heavy atom. The van der Waals surface area contributed by atoms with E-state index < -0.39 is 0 Å². The predicted molar refractivity (Wildman–Crippen MR) is 47.1 cm³/mol. The molecule has 0 aromatic heterocycles. The number of hydrogen-bond acceptors (Lipinski definition) is 1. The number of hydrogen-bond donors (Lipinski definition) is 1. The van der Waals surface area contributed by atoms with Crippen molar-refractivity contribution in [3.8, 4) is 5.75 Å². The van der Waals surface area contributed by atoms with Crippen LogP contribution < -0.4 is 0 Å². The molecule has 0 aliphatic heterocycles. The van der Waals surface area contributed by atoms with E-state index in [2.05, 4.69) is 0 Å². The Labute approximate surface area is 71.6 Å². The molecule has 0 atom stereocenters. The van der Waals surface area contributed by atoms with Gasteiger partial charge in [-0.3, -0.25) is 0 Å². The first-order valence-electron chi connectivity index (χ1n) is 3.51. The van der Waals surface area contributed by atoms with E-state index in [0.717, 1.165) is 16.7 Å². The zero-order chi connectivity index (χ0) is 8.43. The highest BCUT2D eigenvalue weighted by molar-refractivity contribution is 6.17. The number of rotatable bonds is 1. The molecule has 0 bridgehead atoms. The highest BCUT2D eigenvalue weighted by atomic mass is 35.5. The van der Waals surface area contributed by atoms with Gasteiger partial charge in [-0.15, -0.1) is 11.6 Å². The van der Waals surface area contributed by atoms with Crippen molar-refractivity contribution < 1.29 is 5.11 Å². The van der Waals surface area contributed by atoms with Crippen LogP contribution in [0.3, 0.4) is 0 Å². The molecule has 0 unspecified atom stereocenters. The van der Waals surface area contributed by atoms with Crippen LogP contribution in [-0.2, 0) is 5.88 Å². The number of phenolic OH excluding ortho intramolecular Hbond substituents is 1. The van der Waals surface area contributed by atoms with Crippen LogP contribution in [-0.4, -0.2) is 5.11 Å². The van der Waals surface area contributed by atoms with E-state index in [1.807, 2.05) is 19.9 Å². The molecule has 60 valence electrons. The number of halogens is 1. The van der Waals surface area contributed by atoms with Crippen LogP contribution in [0.1, 0.15) is 16.7 Å². The van der Waals surface area contributed by atoms with Gasteiger partial charge in [0.15, 0.2) is 0 Å². The minimum absolute atomic E-state index is 0.325. The summed E-state index contributed by atoms with van der Waals surface area (Å²) in [4.78, 5) is 0. The van der Waals surface area contributed by atoms with Crippen molar-refractivity contribution in [3.63, 3.8) is 0 Å². The van der Waals surface area contributed by atoms with Gasteiger partial charge in [-0.25, -0.2) is 0 Å². The lowest BCUT2D eigenvalue weighted by molar-refractivity contribution is 0.470. The average molecular weight is 171 g/mol. The van der Waals surface area contributed by atoms with Gasteiger partial charge < -0.3 is 5.11 Å². The lowest BCUT2D eigenvalue weighted by Crippen LogP contribution is -1.89. The molecule has 0 aliphatic carbocycles. The van der Waals surface area contributed by atoms with Gasteiger partial charge in [0.1, 0.15) is 5.75 Å². The summed E-state index contributed by atoms with van der Waals surface area (Å²) in [6.45, 7) is 3.87. The highest BCUT2D eigenvalue weighted by Gasteiger charge is 2.04. The monoisotopic (exact) mass is 170 g/mol. The summed E-state index contributed by atoms with van der Waals surface area (Å²) in [5, 5.41) is 9.30. The van der Waals surface area contributed by atoms with Gasteiger partial charge in [-0.1, -0.05) is 6.07 Å². The topological polar surface area (TPSA) is 20.2 Å². The molecule has 0 amide bonds. The third kappa shape index (κ3) is 1.48. The number of alkyl halides is 1. The molecule has 0 saturated heterocycles. The van der Waals surface area contributed by atoms with Crippen molar-refractivity contribution in [2.24, 2.45) is 0 Å². The summed E-state index contributed by atoms with van der Waals surface area (Å²) in [5.74, 6) is 0.790. The van der Waals surface area contributed by atoms with Crippen molar-refractivity contribution in [2.75, 3.05) is 0 Å². The summed E-state index contributed by atoms with van der Waals surface area (Å²) in [5.41, 5.74) is 3.06. The molecule has 0 saturated carbocycles. The summed E-state index contributed by atoms with van der Waals surface area (Å²) in [6.07, 6.45) is 0. The lowest BCUT2D eigenvalue weighted by atomic mass is 10.0. The molecule has 0 spiro atoms. The molecule has 11 heavy (non-hydrogen) atoms. The van der Waals surface area contributed by atoms with Gasteiger partial charge in [-0.05, 0) is 36.6 Å². The van der Waals surface area contributed by atoms with Crippen LogP contribution >= 0.6 is 11.6 Å². The van der Waals surface area contributed by atoms with Crippen molar-refractivity contribution in [1.82, 2.24) is 0 Å². The lowest BCUT2D eigenvalue weighted by Gasteiger charge is -2.07. The van der Waals surface area contributed by atoms with Crippen LogP contribution in [0.4, 0.5) is 0 Å². The van der Waals surface area contributed by atoms with Crippen LogP contribution in [0, 0.1) is 13.8 Å². The Balaban J connectivity index is 3.29. The van der Waals surface area contributed by atoms with Crippen LogP contribution in [0.25, 0.3) is 0 Å². The fourth-order valence-corrected chi connectivity index (χ4v) is 1.50. The molecule has 1 aromatic carbocycles. The van der Waals surface area contributed by atoms with Gasteiger partial charge in [0.05, 0.1) is 0 Å². The van der Waals surface area contributed by atoms with E-state index in [1.165, 1.54) is 0 Å². The second-order valence-electron chi connectivity index (χ2n) is 2.64. The number of phenols is 1. The van der Waals surface area contributed by atoms with Crippen molar-refractivity contribution in [2.45, 2.75) is 19.7 Å². The van der Waals surface area contributed by atoms with Gasteiger partial charge >= 0.3 is 0 Å². The van der Waals surface area contributed by atoms with Gasteiger partial charge in [-0.2, -0.15) is 0 Å². The third-order valence-electron chi connectivity index (χ3n) is 1.94. The maximum atomic E-state index is 9.30. The van der Waals surface area contributed by atoms with Crippen molar-refractivity contribution in [3.05, 3.63) is 28.8 Å². The molecule has 1 rings (SSSR count). The molecule has 0 fully saturated rings. The SMILES string of the molecule is Cc1ccc(O)c(C)c1CCl. The highest BCUT2D eigenvalue weighted by Crippen LogP contribution is 2.24. The number of aryl methyl sites for hydroxylation is 1. The second kappa shape index (κ2) is 3.14. The fourth-order valence-electron chi connectivity index (χ4n) is 1.09. The van der Waals surface area contributed by atoms with E-state index in [0.29, 0.717) is 11.6 Å². The van der Waals surface area contributed by atoms with E-state index in [4.69, 9.17) is 11.6 Å². The van der Waals surface area contributed by atoms with Gasteiger partial charge in [0.2, 0.25) is 0 Å². The van der Waals surface area contributed by atoms with Crippen LogP contribution in [0.5, 0.6) is 5.75 Å². The van der Waals surface area contributed by atoms with Gasteiger partial charge in [0, 0.05) is 5.88 Å². The van der Waals surface area contributed by atoms with Crippen LogP contribution in [0.2, 0.25) is 0 Å². The molecule has 0 heterocycles. The largest absolute Gasteiger partial charge is 0.508 e. The van der Waals surface area contributed by atoms with Crippen molar-refractivity contribution in [1.29, 1.82) is 0 Å². The summed E-state index contributed by atoms with van der Waals surface area (Å²) < 4.78 is 0. The molecule has 1 aromatic rings. The predicted octanol–water partition coefficient (Wildman–Crippen LogP) is 2.75. The number of aromatic hydroxyl groups is 1. The quantitative estimate of drug-likeness (QED) is 0.643. The Bertz CT molecular complexity index is 269. The molecular weight excluding hydrogens is 160 g/mol. The Morgan fingerprint density at radius 3 is 2.45 bits per heavy atom. The Morgan fingerprint density at radius 2 is 2.00 bits per heavy atom.